The molecule has 1 aromatic heterocycles. The van der Waals surface area contributed by atoms with E-state index in [2.05, 4.69) is 9.88 Å². The van der Waals surface area contributed by atoms with Crippen molar-refractivity contribution in [3.8, 4) is 0 Å². The number of ether oxygens (including phenoxy) is 1. The summed E-state index contributed by atoms with van der Waals surface area (Å²) in [5, 5.41) is 10.4. The lowest BCUT2D eigenvalue weighted by atomic mass is 10.3. The van der Waals surface area contributed by atoms with E-state index in [1.54, 1.807) is 0 Å². The summed E-state index contributed by atoms with van der Waals surface area (Å²) in [4.78, 5) is 20.4. The van der Waals surface area contributed by atoms with E-state index in [1.807, 2.05) is 19.2 Å². The number of aryl methyl sites for hydroxylation is 1. The lowest BCUT2D eigenvalue weighted by Gasteiger charge is -2.01. The van der Waals surface area contributed by atoms with Crippen LogP contribution in [-0.4, -0.2) is 40.9 Å². The highest BCUT2D eigenvalue weighted by atomic mass is 19.4. The fourth-order valence-corrected chi connectivity index (χ4v) is 1.83. The molecule has 1 aliphatic rings. The van der Waals surface area contributed by atoms with Crippen LogP contribution in [0.1, 0.15) is 29.4 Å². The van der Waals surface area contributed by atoms with E-state index in [0.717, 1.165) is 31.7 Å². The maximum absolute atomic E-state index is 11.5. The zero-order chi connectivity index (χ0) is 16.8. The monoisotopic (exact) mass is 322 g/mol. The van der Waals surface area contributed by atoms with Gasteiger partial charge < -0.3 is 19.7 Å². The first kappa shape index (κ1) is 18.0. The van der Waals surface area contributed by atoms with Crippen LogP contribution < -0.4 is 5.32 Å². The zero-order valence-electron chi connectivity index (χ0n) is 11.9. The molecule has 0 aromatic carbocycles. The third kappa shape index (κ3) is 5.40. The van der Waals surface area contributed by atoms with Gasteiger partial charge in [0.05, 0.1) is 12.2 Å². The van der Waals surface area contributed by atoms with E-state index in [0.29, 0.717) is 12.2 Å². The SMILES string of the molecule is CCOC(=O)c1cc2n(c1)CCCNC2.O=C(O)C(F)(F)F. The number of nitrogens with zero attached hydrogens (tertiary/aromatic N) is 1. The second-order valence-electron chi connectivity index (χ2n) is 4.47. The molecule has 0 bridgehead atoms. The van der Waals surface area contributed by atoms with Gasteiger partial charge in [0.15, 0.2) is 0 Å². The number of rotatable bonds is 2. The highest BCUT2D eigenvalue weighted by Crippen LogP contribution is 2.13. The molecular weight excluding hydrogens is 305 g/mol. The molecule has 1 aliphatic heterocycles. The van der Waals surface area contributed by atoms with Crippen molar-refractivity contribution in [3.63, 3.8) is 0 Å². The summed E-state index contributed by atoms with van der Waals surface area (Å²) in [6, 6.07) is 1.91. The number of fused-ring (bicyclic) bond motifs is 1. The van der Waals surface area contributed by atoms with Crippen LogP contribution in [0, 0.1) is 0 Å². The van der Waals surface area contributed by atoms with E-state index >= 15 is 0 Å². The normalized spacial score (nSPS) is 14.2. The van der Waals surface area contributed by atoms with Gasteiger partial charge in [0.2, 0.25) is 0 Å². The van der Waals surface area contributed by atoms with Crippen LogP contribution in [0.2, 0.25) is 0 Å². The molecule has 0 fully saturated rings. The van der Waals surface area contributed by atoms with Gasteiger partial charge in [0.1, 0.15) is 0 Å². The number of aliphatic carboxylic acids is 1. The Balaban J connectivity index is 0.000000295. The molecule has 0 amide bonds. The Labute approximate surface area is 124 Å². The molecular formula is C13H17F3N2O4. The van der Waals surface area contributed by atoms with Crippen molar-refractivity contribution in [1.82, 2.24) is 9.88 Å². The van der Waals surface area contributed by atoms with Crippen LogP contribution >= 0.6 is 0 Å². The van der Waals surface area contributed by atoms with Gasteiger partial charge in [-0.3, -0.25) is 0 Å². The van der Waals surface area contributed by atoms with Crippen LogP contribution in [0.25, 0.3) is 0 Å². The van der Waals surface area contributed by atoms with Gasteiger partial charge in [-0.15, -0.1) is 0 Å². The van der Waals surface area contributed by atoms with Crippen LogP contribution in [0.4, 0.5) is 13.2 Å². The number of halogens is 3. The van der Waals surface area contributed by atoms with E-state index < -0.39 is 12.1 Å². The number of alkyl halides is 3. The number of carbonyl (C=O) groups excluding carboxylic acids is 1. The maximum atomic E-state index is 11.5. The third-order valence-corrected chi connectivity index (χ3v) is 2.80. The summed E-state index contributed by atoms with van der Waals surface area (Å²) in [5.41, 5.74) is 1.83. The third-order valence-electron chi connectivity index (χ3n) is 2.80. The molecule has 1 aromatic rings. The van der Waals surface area contributed by atoms with Gasteiger partial charge in [-0.05, 0) is 26.0 Å². The van der Waals surface area contributed by atoms with Gasteiger partial charge in [-0.1, -0.05) is 0 Å². The number of carboxylic acid groups (broad SMARTS) is 1. The van der Waals surface area contributed by atoms with Crippen molar-refractivity contribution in [2.45, 2.75) is 32.6 Å². The smallest absolute Gasteiger partial charge is 0.475 e. The largest absolute Gasteiger partial charge is 0.490 e. The van der Waals surface area contributed by atoms with Gasteiger partial charge >= 0.3 is 18.1 Å². The highest BCUT2D eigenvalue weighted by molar-refractivity contribution is 5.89. The summed E-state index contributed by atoms with van der Waals surface area (Å²) < 4.78 is 38.8. The maximum Gasteiger partial charge on any atom is 0.490 e. The number of hydrogen-bond donors (Lipinski definition) is 2. The summed E-state index contributed by atoms with van der Waals surface area (Å²) in [5.74, 6) is -2.98. The quantitative estimate of drug-likeness (QED) is 0.812. The summed E-state index contributed by atoms with van der Waals surface area (Å²) >= 11 is 0. The van der Waals surface area contributed by atoms with Crippen molar-refractivity contribution >= 4 is 11.9 Å². The van der Waals surface area contributed by atoms with Crippen LogP contribution in [0.15, 0.2) is 12.3 Å². The minimum Gasteiger partial charge on any atom is -0.475 e. The first-order chi connectivity index (χ1) is 10.3. The topological polar surface area (TPSA) is 80.6 Å². The van der Waals surface area contributed by atoms with Crippen molar-refractivity contribution in [3.05, 3.63) is 23.5 Å². The van der Waals surface area contributed by atoms with Crippen LogP contribution in [0.3, 0.4) is 0 Å². The zero-order valence-corrected chi connectivity index (χ0v) is 11.9. The van der Waals surface area contributed by atoms with E-state index in [-0.39, 0.29) is 5.97 Å². The van der Waals surface area contributed by atoms with Crippen molar-refractivity contribution in [2.24, 2.45) is 0 Å². The number of nitrogens with one attached hydrogen (secondary N) is 1. The predicted octanol–water partition coefficient (Wildman–Crippen LogP) is 1.79. The van der Waals surface area contributed by atoms with Gasteiger partial charge in [-0.2, -0.15) is 13.2 Å². The highest BCUT2D eigenvalue weighted by Gasteiger charge is 2.38. The van der Waals surface area contributed by atoms with E-state index in [1.165, 1.54) is 0 Å². The molecule has 2 heterocycles. The standard InChI is InChI=1S/C11H16N2O2.C2HF3O2/c1-2-15-11(14)9-6-10-7-12-4-3-5-13(10)8-9;3-2(4,5)1(6)7/h6,8,12H,2-5,7H2,1H3;(H,6,7). The molecule has 6 nitrogen and oxygen atoms in total. The Hall–Kier alpha value is -2.03. The Bertz CT molecular complexity index is 502. The summed E-state index contributed by atoms with van der Waals surface area (Å²) in [6.45, 7) is 5.09. The average Bonchev–Trinajstić information content (AvgIpc) is 2.70. The average molecular weight is 322 g/mol. The number of hydrogen-bond acceptors (Lipinski definition) is 4. The molecule has 124 valence electrons. The molecule has 0 spiro atoms. The molecule has 2 rings (SSSR count). The number of esters is 1. The Kier molecular flexibility index (Phi) is 6.41. The summed E-state index contributed by atoms with van der Waals surface area (Å²) in [7, 11) is 0. The first-order valence-electron chi connectivity index (χ1n) is 6.62. The van der Waals surface area contributed by atoms with Gasteiger partial charge in [-0.25, -0.2) is 9.59 Å². The number of carboxylic acids is 1. The lowest BCUT2D eigenvalue weighted by Crippen LogP contribution is -2.21. The second-order valence-corrected chi connectivity index (χ2v) is 4.47. The second kappa shape index (κ2) is 7.83. The lowest BCUT2D eigenvalue weighted by molar-refractivity contribution is -0.192. The predicted molar refractivity (Wildman–Crippen MR) is 70.4 cm³/mol. The number of aromatic nitrogens is 1. The molecule has 0 saturated carbocycles. The molecule has 0 aliphatic carbocycles. The Morgan fingerprint density at radius 2 is 2.09 bits per heavy atom. The molecule has 2 N–H and O–H groups in total. The number of carbonyl (C=O) groups is 2. The van der Waals surface area contributed by atoms with Crippen LogP contribution in [-0.2, 0) is 22.6 Å². The molecule has 0 saturated heterocycles. The molecule has 0 radical (unpaired) electrons. The molecule has 9 heteroatoms. The van der Waals surface area contributed by atoms with Crippen molar-refractivity contribution in [2.75, 3.05) is 13.2 Å². The first-order valence-corrected chi connectivity index (χ1v) is 6.62. The van der Waals surface area contributed by atoms with E-state index in [4.69, 9.17) is 14.6 Å². The van der Waals surface area contributed by atoms with Crippen molar-refractivity contribution in [1.29, 1.82) is 0 Å². The molecule has 0 unspecified atom stereocenters. The van der Waals surface area contributed by atoms with Gasteiger partial charge in [0.25, 0.3) is 0 Å². The van der Waals surface area contributed by atoms with Crippen molar-refractivity contribution < 1.29 is 32.6 Å². The Morgan fingerprint density at radius 1 is 1.45 bits per heavy atom. The van der Waals surface area contributed by atoms with E-state index in [9.17, 15) is 18.0 Å². The summed E-state index contributed by atoms with van der Waals surface area (Å²) in [6.07, 6.45) is -2.09. The fourth-order valence-electron chi connectivity index (χ4n) is 1.83. The Morgan fingerprint density at radius 3 is 2.64 bits per heavy atom. The van der Waals surface area contributed by atoms with Gasteiger partial charge in [0, 0.05) is 25.0 Å². The fraction of sp³-hybridized carbons (Fsp3) is 0.538. The molecule has 0 atom stereocenters. The minimum atomic E-state index is -5.08. The van der Waals surface area contributed by atoms with Crippen LogP contribution in [0.5, 0.6) is 0 Å². The minimum absolute atomic E-state index is 0.224. The molecule has 22 heavy (non-hydrogen) atoms.